The van der Waals surface area contributed by atoms with E-state index >= 15 is 0 Å². The Kier molecular flexibility index (Phi) is 4.63. The van der Waals surface area contributed by atoms with Crippen LogP contribution in [-0.4, -0.2) is 56.3 Å². The fraction of sp³-hybridized carbons (Fsp3) is 0.400. The first kappa shape index (κ1) is 16.1. The molecule has 0 aromatic carbocycles. The van der Waals surface area contributed by atoms with E-state index in [1.54, 1.807) is 23.8 Å². The molecule has 130 valence electrons. The summed E-state index contributed by atoms with van der Waals surface area (Å²) in [5.41, 5.74) is 3.68. The Balaban J connectivity index is 1.42. The standard InChI is InChI=1S/C15H16N6O3S/c22-15(10-1-3-21-14(5-10)18-19-20-21)17-12-7-23-4-2-13(12)24-6-11-8-25-9-16-11/h1,3,5,8-9,12-13H,2,4,6-7H2,(H,17,22)/t12-,13+/m1/s1. The zero-order valence-electron chi connectivity index (χ0n) is 13.2. The van der Waals surface area contributed by atoms with E-state index in [9.17, 15) is 4.79 Å². The molecule has 1 fully saturated rings. The van der Waals surface area contributed by atoms with Gasteiger partial charge in [0.2, 0.25) is 0 Å². The van der Waals surface area contributed by atoms with Gasteiger partial charge in [-0.25, -0.2) is 9.50 Å². The number of rotatable bonds is 5. The largest absolute Gasteiger partial charge is 0.379 e. The number of aromatic nitrogens is 5. The van der Waals surface area contributed by atoms with Gasteiger partial charge in [0.25, 0.3) is 5.91 Å². The van der Waals surface area contributed by atoms with Crippen LogP contribution < -0.4 is 5.32 Å². The lowest BCUT2D eigenvalue weighted by Crippen LogP contribution is -2.50. The van der Waals surface area contributed by atoms with Crippen molar-refractivity contribution in [2.45, 2.75) is 25.2 Å². The molecular formula is C15H16N6O3S. The molecule has 0 radical (unpaired) electrons. The number of thiazole rings is 1. The van der Waals surface area contributed by atoms with Crippen LogP contribution in [0.3, 0.4) is 0 Å². The number of nitrogens with zero attached hydrogens (tertiary/aromatic N) is 5. The summed E-state index contributed by atoms with van der Waals surface area (Å²) in [4.78, 5) is 16.8. The second kappa shape index (κ2) is 7.21. The van der Waals surface area contributed by atoms with Crippen LogP contribution in [0.15, 0.2) is 29.2 Å². The van der Waals surface area contributed by atoms with E-state index in [4.69, 9.17) is 9.47 Å². The van der Waals surface area contributed by atoms with E-state index in [1.807, 2.05) is 5.38 Å². The average Bonchev–Trinajstić information content (AvgIpc) is 3.31. The van der Waals surface area contributed by atoms with E-state index in [1.165, 1.54) is 15.9 Å². The molecule has 4 heterocycles. The van der Waals surface area contributed by atoms with Crippen molar-refractivity contribution in [3.8, 4) is 0 Å². The molecular weight excluding hydrogens is 344 g/mol. The molecule has 2 atom stereocenters. The van der Waals surface area contributed by atoms with Crippen molar-refractivity contribution in [2.75, 3.05) is 13.2 Å². The van der Waals surface area contributed by atoms with Crippen LogP contribution in [0, 0.1) is 0 Å². The minimum atomic E-state index is -0.216. The fourth-order valence-corrected chi connectivity index (χ4v) is 3.23. The quantitative estimate of drug-likeness (QED) is 0.714. The molecule has 1 aliphatic rings. The predicted octanol–water partition coefficient (Wildman–Crippen LogP) is 0.685. The summed E-state index contributed by atoms with van der Waals surface area (Å²) in [7, 11) is 0. The molecule has 0 aliphatic carbocycles. The third-order valence-electron chi connectivity index (χ3n) is 4.00. The van der Waals surface area contributed by atoms with Crippen LogP contribution in [0.1, 0.15) is 22.5 Å². The SMILES string of the molecule is O=C(N[C@@H]1COCC[C@@H]1OCc1cscn1)c1ccn2nnnc2c1. The van der Waals surface area contributed by atoms with Crippen LogP contribution in [0.4, 0.5) is 0 Å². The zero-order chi connectivity index (χ0) is 17.1. The Morgan fingerprint density at radius 1 is 1.52 bits per heavy atom. The fourth-order valence-electron chi connectivity index (χ4n) is 2.69. The molecule has 0 bridgehead atoms. The van der Waals surface area contributed by atoms with Crippen molar-refractivity contribution in [2.24, 2.45) is 0 Å². The van der Waals surface area contributed by atoms with Gasteiger partial charge in [-0.05, 0) is 29.0 Å². The van der Waals surface area contributed by atoms with Crippen LogP contribution in [0.5, 0.6) is 0 Å². The van der Waals surface area contributed by atoms with Crippen molar-refractivity contribution in [1.29, 1.82) is 0 Å². The Bertz CT molecular complexity index is 852. The first-order chi connectivity index (χ1) is 12.3. The lowest BCUT2D eigenvalue weighted by Gasteiger charge is -2.32. The summed E-state index contributed by atoms with van der Waals surface area (Å²) in [5, 5.41) is 16.1. The summed E-state index contributed by atoms with van der Waals surface area (Å²) in [5.74, 6) is -0.205. The van der Waals surface area contributed by atoms with Gasteiger partial charge in [0.15, 0.2) is 5.65 Å². The average molecular weight is 360 g/mol. The van der Waals surface area contributed by atoms with E-state index in [-0.39, 0.29) is 18.1 Å². The number of nitrogens with one attached hydrogen (secondary N) is 1. The monoisotopic (exact) mass is 360 g/mol. The Morgan fingerprint density at radius 3 is 3.36 bits per heavy atom. The number of carbonyl (C=O) groups excluding carboxylic acids is 1. The Morgan fingerprint density at radius 2 is 2.48 bits per heavy atom. The number of hydrogen-bond acceptors (Lipinski definition) is 8. The van der Waals surface area contributed by atoms with Gasteiger partial charge in [-0.15, -0.1) is 16.4 Å². The number of amides is 1. The Labute approximate surface area is 147 Å². The van der Waals surface area contributed by atoms with Gasteiger partial charge in [0.05, 0.1) is 36.6 Å². The van der Waals surface area contributed by atoms with E-state index in [0.29, 0.717) is 31.0 Å². The topological polar surface area (TPSA) is 104 Å². The lowest BCUT2D eigenvalue weighted by atomic mass is 10.1. The van der Waals surface area contributed by atoms with Gasteiger partial charge < -0.3 is 14.8 Å². The van der Waals surface area contributed by atoms with Gasteiger partial charge in [-0.3, -0.25) is 4.79 Å². The molecule has 4 rings (SSSR count). The van der Waals surface area contributed by atoms with E-state index < -0.39 is 0 Å². The molecule has 10 heteroatoms. The number of hydrogen-bond donors (Lipinski definition) is 1. The number of fused-ring (bicyclic) bond motifs is 1. The summed E-state index contributed by atoms with van der Waals surface area (Å²) >= 11 is 1.53. The van der Waals surface area contributed by atoms with Crippen LogP contribution in [0.2, 0.25) is 0 Å². The molecule has 1 aliphatic heterocycles. The maximum Gasteiger partial charge on any atom is 0.251 e. The summed E-state index contributed by atoms with van der Waals surface area (Å²) in [6, 6.07) is 3.10. The maximum atomic E-state index is 12.5. The highest BCUT2D eigenvalue weighted by Gasteiger charge is 2.28. The maximum absolute atomic E-state index is 12.5. The molecule has 0 saturated carbocycles. The zero-order valence-corrected chi connectivity index (χ0v) is 14.1. The minimum absolute atomic E-state index is 0.113. The van der Waals surface area contributed by atoms with E-state index in [2.05, 4.69) is 25.8 Å². The molecule has 0 unspecified atom stereocenters. The number of carbonyl (C=O) groups is 1. The normalized spacial score (nSPS) is 20.6. The molecule has 25 heavy (non-hydrogen) atoms. The minimum Gasteiger partial charge on any atom is -0.379 e. The van der Waals surface area contributed by atoms with Gasteiger partial charge in [-0.2, -0.15) is 0 Å². The van der Waals surface area contributed by atoms with Gasteiger partial charge >= 0.3 is 0 Å². The van der Waals surface area contributed by atoms with Gasteiger partial charge in [0.1, 0.15) is 0 Å². The third kappa shape index (κ3) is 3.65. The van der Waals surface area contributed by atoms with Crippen molar-refractivity contribution in [3.63, 3.8) is 0 Å². The molecule has 1 amide bonds. The summed E-state index contributed by atoms with van der Waals surface area (Å²) in [6.07, 6.45) is 2.26. The van der Waals surface area contributed by atoms with Crippen molar-refractivity contribution < 1.29 is 14.3 Å². The van der Waals surface area contributed by atoms with Crippen molar-refractivity contribution >= 4 is 22.9 Å². The third-order valence-corrected chi connectivity index (χ3v) is 4.63. The van der Waals surface area contributed by atoms with Gasteiger partial charge in [0, 0.05) is 23.7 Å². The van der Waals surface area contributed by atoms with Crippen LogP contribution in [-0.2, 0) is 16.1 Å². The predicted molar refractivity (Wildman–Crippen MR) is 88.2 cm³/mol. The second-order valence-corrected chi connectivity index (χ2v) is 6.39. The molecule has 3 aromatic heterocycles. The summed E-state index contributed by atoms with van der Waals surface area (Å²) < 4.78 is 12.9. The van der Waals surface area contributed by atoms with Crippen LogP contribution >= 0.6 is 11.3 Å². The molecule has 1 saturated heterocycles. The van der Waals surface area contributed by atoms with Crippen molar-refractivity contribution in [1.82, 2.24) is 30.3 Å². The van der Waals surface area contributed by atoms with Gasteiger partial charge in [-0.1, -0.05) is 0 Å². The summed E-state index contributed by atoms with van der Waals surface area (Å²) in [6.45, 7) is 1.46. The first-order valence-corrected chi connectivity index (χ1v) is 8.79. The molecule has 9 nitrogen and oxygen atoms in total. The molecule has 3 aromatic rings. The lowest BCUT2D eigenvalue weighted by molar-refractivity contribution is -0.0611. The second-order valence-electron chi connectivity index (χ2n) is 5.67. The van der Waals surface area contributed by atoms with E-state index in [0.717, 1.165) is 12.1 Å². The highest BCUT2D eigenvalue weighted by Crippen LogP contribution is 2.15. The van der Waals surface area contributed by atoms with Crippen LogP contribution in [0.25, 0.3) is 5.65 Å². The molecule has 0 spiro atoms. The number of ether oxygens (including phenoxy) is 2. The Hall–Kier alpha value is -2.43. The number of tetrazole rings is 1. The smallest absolute Gasteiger partial charge is 0.251 e. The highest BCUT2D eigenvalue weighted by molar-refractivity contribution is 7.07. The highest BCUT2D eigenvalue weighted by atomic mass is 32.1. The molecule has 1 N–H and O–H groups in total. The number of pyridine rings is 1. The first-order valence-electron chi connectivity index (χ1n) is 7.84. The van der Waals surface area contributed by atoms with Crippen molar-refractivity contribution in [3.05, 3.63) is 40.5 Å².